The zero-order valence-corrected chi connectivity index (χ0v) is 18.1. The van der Waals surface area contributed by atoms with Crippen LogP contribution in [0.2, 0.25) is 0 Å². The van der Waals surface area contributed by atoms with Gasteiger partial charge >= 0.3 is 0 Å². The van der Waals surface area contributed by atoms with E-state index in [1.807, 2.05) is 17.5 Å². The van der Waals surface area contributed by atoms with Crippen molar-refractivity contribution < 1.29 is 19.2 Å². The van der Waals surface area contributed by atoms with Crippen LogP contribution in [0.25, 0.3) is 11.3 Å². The molecular formula is C23H20N4O4S. The van der Waals surface area contributed by atoms with Crippen LogP contribution in [0, 0.1) is 0 Å². The van der Waals surface area contributed by atoms with Crippen LogP contribution in [0.4, 0.5) is 10.8 Å². The van der Waals surface area contributed by atoms with Crippen LogP contribution in [0.3, 0.4) is 0 Å². The average Bonchev–Trinajstić information content (AvgIpc) is 3.33. The SMILES string of the molecule is CC(=O)Nc1ccc(-c2csc(NC(=O)CCCN3C(=O)c4ccccc4C3=O)n2)cc1. The van der Waals surface area contributed by atoms with Crippen molar-refractivity contribution in [2.24, 2.45) is 0 Å². The number of fused-ring (bicyclic) bond motifs is 1. The molecule has 3 aromatic rings. The fourth-order valence-electron chi connectivity index (χ4n) is 3.41. The number of hydrogen-bond acceptors (Lipinski definition) is 6. The Balaban J connectivity index is 1.28. The lowest BCUT2D eigenvalue weighted by atomic mass is 10.1. The highest BCUT2D eigenvalue weighted by Gasteiger charge is 2.34. The molecule has 4 rings (SSSR count). The molecule has 0 spiro atoms. The fourth-order valence-corrected chi connectivity index (χ4v) is 4.15. The molecule has 1 aliphatic rings. The van der Waals surface area contributed by atoms with Gasteiger partial charge in [-0.3, -0.25) is 24.1 Å². The van der Waals surface area contributed by atoms with Crippen LogP contribution in [0.1, 0.15) is 40.5 Å². The molecule has 0 unspecified atom stereocenters. The molecule has 1 aliphatic heterocycles. The van der Waals surface area contributed by atoms with Gasteiger partial charge in [-0.2, -0.15) is 0 Å². The van der Waals surface area contributed by atoms with Crippen LogP contribution in [0.15, 0.2) is 53.9 Å². The highest BCUT2D eigenvalue weighted by atomic mass is 32.1. The summed E-state index contributed by atoms with van der Waals surface area (Å²) >= 11 is 1.31. The van der Waals surface area contributed by atoms with Crippen molar-refractivity contribution in [3.8, 4) is 11.3 Å². The first-order valence-electron chi connectivity index (χ1n) is 10.0. The Morgan fingerprint density at radius 1 is 0.969 bits per heavy atom. The first kappa shape index (κ1) is 21.4. The number of nitrogens with zero attached hydrogens (tertiary/aromatic N) is 2. The van der Waals surface area contributed by atoms with Crippen LogP contribution >= 0.6 is 11.3 Å². The van der Waals surface area contributed by atoms with E-state index in [1.54, 1.807) is 36.4 Å². The van der Waals surface area contributed by atoms with Gasteiger partial charge < -0.3 is 10.6 Å². The summed E-state index contributed by atoms with van der Waals surface area (Å²) in [6.45, 7) is 1.63. The number of rotatable bonds is 7. The van der Waals surface area contributed by atoms with E-state index in [4.69, 9.17) is 0 Å². The molecule has 0 saturated heterocycles. The van der Waals surface area contributed by atoms with Crippen LogP contribution in [-0.4, -0.2) is 40.1 Å². The third kappa shape index (κ3) is 4.57. The fraction of sp³-hybridized carbons (Fsp3) is 0.174. The number of carbonyl (C=O) groups is 4. The summed E-state index contributed by atoms with van der Waals surface area (Å²) in [7, 11) is 0. The number of carbonyl (C=O) groups excluding carboxylic acids is 4. The van der Waals surface area contributed by atoms with E-state index in [-0.39, 0.29) is 36.6 Å². The zero-order valence-electron chi connectivity index (χ0n) is 17.3. The Bertz CT molecular complexity index is 1170. The van der Waals surface area contributed by atoms with E-state index in [1.165, 1.54) is 23.2 Å². The molecule has 0 fully saturated rings. The summed E-state index contributed by atoms with van der Waals surface area (Å²) in [5.74, 6) is -1.01. The first-order valence-corrected chi connectivity index (χ1v) is 10.9. The largest absolute Gasteiger partial charge is 0.326 e. The van der Waals surface area contributed by atoms with Crippen molar-refractivity contribution >= 4 is 45.8 Å². The molecule has 0 bridgehead atoms. The Morgan fingerprint density at radius 2 is 1.62 bits per heavy atom. The number of benzene rings is 2. The quantitative estimate of drug-likeness (QED) is 0.535. The Hall–Kier alpha value is -3.85. The standard InChI is InChI=1S/C23H20N4O4S/c1-14(28)24-16-10-8-15(9-11-16)19-13-32-23(25-19)26-20(29)7-4-12-27-21(30)17-5-2-3-6-18(17)22(27)31/h2-3,5-6,8-11,13H,4,7,12H2,1H3,(H,24,28)(H,25,26,29). The van der Waals surface area contributed by atoms with Crippen molar-refractivity contribution in [1.82, 2.24) is 9.88 Å². The highest BCUT2D eigenvalue weighted by molar-refractivity contribution is 7.14. The second-order valence-electron chi connectivity index (χ2n) is 7.26. The molecule has 9 heteroatoms. The molecule has 2 N–H and O–H groups in total. The minimum atomic E-state index is -0.319. The molecule has 8 nitrogen and oxygen atoms in total. The number of hydrogen-bond donors (Lipinski definition) is 2. The van der Waals surface area contributed by atoms with Gasteiger partial charge in [0.05, 0.1) is 16.8 Å². The third-order valence-electron chi connectivity index (χ3n) is 4.92. The zero-order chi connectivity index (χ0) is 22.7. The van der Waals surface area contributed by atoms with Crippen molar-refractivity contribution in [2.75, 3.05) is 17.2 Å². The van der Waals surface area contributed by atoms with E-state index in [9.17, 15) is 19.2 Å². The minimum Gasteiger partial charge on any atom is -0.326 e. The summed E-state index contributed by atoms with van der Waals surface area (Å²) in [6.07, 6.45) is 0.522. The van der Waals surface area contributed by atoms with E-state index in [0.717, 1.165) is 5.56 Å². The van der Waals surface area contributed by atoms with Crippen LogP contribution < -0.4 is 10.6 Å². The Morgan fingerprint density at radius 3 is 2.25 bits per heavy atom. The third-order valence-corrected chi connectivity index (χ3v) is 5.67. The molecule has 162 valence electrons. The summed E-state index contributed by atoms with van der Waals surface area (Å²) in [5, 5.41) is 7.77. The topological polar surface area (TPSA) is 108 Å². The van der Waals surface area contributed by atoms with Crippen molar-refractivity contribution in [2.45, 2.75) is 19.8 Å². The summed E-state index contributed by atoms with van der Waals surface area (Å²) < 4.78 is 0. The van der Waals surface area contributed by atoms with Gasteiger partial charge in [0, 0.05) is 36.5 Å². The number of imide groups is 1. The predicted octanol–water partition coefficient (Wildman–Crippen LogP) is 3.78. The number of thiazole rings is 1. The summed E-state index contributed by atoms with van der Waals surface area (Å²) in [5.41, 5.74) is 3.08. The van der Waals surface area contributed by atoms with Gasteiger partial charge in [-0.25, -0.2) is 4.98 Å². The monoisotopic (exact) mass is 448 g/mol. The van der Waals surface area contributed by atoms with E-state index in [0.29, 0.717) is 34.1 Å². The predicted molar refractivity (Wildman–Crippen MR) is 122 cm³/mol. The number of amides is 4. The molecule has 0 atom stereocenters. The van der Waals surface area contributed by atoms with Gasteiger partial charge in [-0.1, -0.05) is 24.3 Å². The van der Waals surface area contributed by atoms with Gasteiger partial charge in [0.2, 0.25) is 11.8 Å². The smallest absolute Gasteiger partial charge is 0.261 e. The van der Waals surface area contributed by atoms with Crippen LogP contribution in [0.5, 0.6) is 0 Å². The molecular weight excluding hydrogens is 428 g/mol. The molecule has 1 aromatic heterocycles. The minimum absolute atomic E-state index is 0.139. The van der Waals surface area contributed by atoms with Gasteiger partial charge in [0.25, 0.3) is 11.8 Å². The van der Waals surface area contributed by atoms with Crippen LogP contribution in [-0.2, 0) is 9.59 Å². The number of aromatic nitrogens is 1. The molecule has 2 aromatic carbocycles. The molecule has 2 heterocycles. The molecule has 0 saturated carbocycles. The lowest BCUT2D eigenvalue weighted by Crippen LogP contribution is -2.31. The highest BCUT2D eigenvalue weighted by Crippen LogP contribution is 2.26. The van der Waals surface area contributed by atoms with Crippen molar-refractivity contribution in [3.05, 3.63) is 65.0 Å². The Kier molecular flexibility index (Phi) is 6.09. The van der Waals surface area contributed by atoms with Gasteiger partial charge in [0.1, 0.15) is 0 Å². The summed E-state index contributed by atoms with van der Waals surface area (Å²) in [6, 6.07) is 14.0. The maximum absolute atomic E-state index is 12.4. The number of nitrogens with one attached hydrogen (secondary N) is 2. The lowest BCUT2D eigenvalue weighted by molar-refractivity contribution is -0.116. The molecule has 4 amide bonds. The van der Waals surface area contributed by atoms with Gasteiger partial charge in [-0.05, 0) is 30.7 Å². The van der Waals surface area contributed by atoms with Crippen molar-refractivity contribution in [1.29, 1.82) is 0 Å². The second-order valence-corrected chi connectivity index (χ2v) is 8.11. The molecule has 0 radical (unpaired) electrons. The maximum atomic E-state index is 12.4. The molecule has 0 aliphatic carbocycles. The lowest BCUT2D eigenvalue weighted by Gasteiger charge is -2.13. The van der Waals surface area contributed by atoms with Crippen molar-refractivity contribution in [3.63, 3.8) is 0 Å². The van der Waals surface area contributed by atoms with E-state index < -0.39 is 0 Å². The summed E-state index contributed by atoms with van der Waals surface area (Å²) in [4.78, 5) is 53.7. The first-order chi connectivity index (χ1) is 15.4. The maximum Gasteiger partial charge on any atom is 0.261 e. The van der Waals surface area contributed by atoms with Gasteiger partial charge in [-0.15, -0.1) is 11.3 Å². The molecule has 32 heavy (non-hydrogen) atoms. The van der Waals surface area contributed by atoms with E-state index in [2.05, 4.69) is 15.6 Å². The van der Waals surface area contributed by atoms with Gasteiger partial charge in [0.15, 0.2) is 5.13 Å². The normalized spacial score (nSPS) is 12.6. The second kappa shape index (κ2) is 9.11. The average molecular weight is 449 g/mol. The van der Waals surface area contributed by atoms with E-state index >= 15 is 0 Å². The number of anilines is 2. The Labute approximate surface area is 188 Å².